The molecule has 320 valence electrons. The molecule has 1 unspecified atom stereocenters. The van der Waals surface area contributed by atoms with Crippen LogP contribution in [0.4, 0.5) is 11.4 Å². The van der Waals surface area contributed by atoms with E-state index in [4.69, 9.17) is 4.98 Å². The van der Waals surface area contributed by atoms with E-state index in [1.807, 2.05) is 49.4 Å². The van der Waals surface area contributed by atoms with Gasteiger partial charge in [0, 0.05) is 59.3 Å². The molecule has 13 heteroatoms. The normalized spacial score (nSPS) is 23.3. The minimum Gasteiger partial charge on any atom is -0.386 e. The van der Waals surface area contributed by atoms with Crippen LogP contribution < -0.4 is 16.0 Å². The highest BCUT2D eigenvalue weighted by Gasteiger charge is 2.46. The van der Waals surface area contributed by atoms with E-state index in [2.05, 4.69) is 32.4 Å². The Kier molecular flexibility index (Phi) is 11.1. The zero-order valence-corrected chi connectivity index (χ0v) is 36.3. The molecule has 3 aliphatic heterocycles. The molecule has 1 spiro atoms. The molecule has 2 saturated heterocycles. The Morgan fingerprint density at radius 3 is 2.46 bits per heavy atom. The summed E-state index contributed by atoms with van der Waals surface area (Å²) in [6.45, 7) is 13.8. The van der Waals surface area contributed by atoms with Gasteiger partial charge in [-0.15, -0.1) is 11.3 Å². The third kappa shape index (κ3) is 8.36. The van der Waals surface area contributed by atoms with Crippen LogP contribution in [-0.2, 0) is 15.2 Å². The maximum absolute atomic E-state index is 13.6. The van der Waals surface area contributed by atoms with Gasteiger partial charge in [0.25, 0.3) is 11.8 Å². The first-order valence-corrected chi connectivity index (χ1v) is 22.9. The molecule has 0 bridgehead atoms. The number of carbonyl (C=O) groups excluding carboxylic acids is 4. The number of imide groups is 1. The highest BCUT2D eigenvalue weighted by atomic mass is 32.1. The van der Waals surface area contributed by atoms with Crippen LogP contribution in [0.1, 0.15) is 133 Å². The summed E-state index contributed by atoms with van der Waals surface area (Å²) in [6.07, 6.45) is 11.3. The van der Waals surface area contributed by atoms with Crippen molar-refractivity contribution >= 4 is 62.3 Å². The van der Waals surface area contributed by atoms with E-state index in [-0.39, 0.29) is 24.1 Å². The number of fused-ring (bicyclic) bond motifs is 2. The number of hydrogen-bond donors (Lipinski definition) is 4. The first kappa shape index (κ1) is 41.4. The summed E-state index contributed by atoms with van der Waals surface area (Å²) in [5.41, 5.74) is 5.12. The van der Waals surface area contributed by atoms with Crippen LogP contribution in [-0.4, -0.2) is 80.7 Å². The molecule has 12 nitrogen and oxygen atoms in total. The molecule has 9 rings (SSSR count). The zero-order valence-electron chi connectivity index (χ0n) is 35.5. The van der Waals surface area contributed by atoms with Crippen molar-refractivity contribution in [3.05, 3.63) is 88.2 Å². The maximum atomic E-state index is 13.6. The number of rotatable bonds is 11. The van der Waals surface area contributed by atoms with Crippen molar-refractivity contribution in [1.82, 2.24) is 25.1 Å². The van der Waals surface area contributed by atoms with E-state index in [0.29, 0.717) is 57.8 Å². The molecule has 5 heterocycles. The fraction of sp³-hybridized carbons (Fsp3) is 0.500. The number of aliphatic hydroxyl groups is 1. The molecule has 2 aromatic heterocycles. The number of hydrogen-bond acceptors (Lipinski definition) is 10. The minimum absolute atomic E-state index is 0.207. The topological polar surface area (TPSA) is 157 Å². The fourth-order valence-electron chi connectivity index (χ4n) is 10.8. The number of anilines is 2. The number of amides is 4. The van der Waals surface area contributed by atoms with Gasteiger partial charge in [0.2, 0.25) is 11.8 Å². The van der Waals surface area contributed by atoms with E-state index in [1.165, 1.54) is 63.1 Å². The number of aryl methyl sites for hydroxylation is 1. The fourth-order valence-corrected chi connectivity index (χ4v) is 11.9. The Hall–Kier alpha value is -4.98. The SMILES string of the molecule is C=C1c2cccc(NCCC3CC4(CCN(CC5CCC(c6nc7cc(C(C)(C)O)c(NC(=O)c8cccc(C)n8)cc7s6)CC5)CC4)C3)c2C(=O)N1C1CCC(=O)NC1=O. The maximum Gasteiger partial charge on any atom is 0.274 e. The van der Waals surface area contributed by atoms with Crippen molar-refractivity contribution in [1.29, 1.82) is 0 Å². The Balaban J connectivity index is 0.726. The van der Waals surface area contributed by atoms with E-state index < -0.39 is 17.6 Å². The predicted octanol–water partition coefficient (Wildman–Crippen LogP) is 7.98. The average molecular weight is 844 g/mol. The van der Waals surface area contributed by atoms with Crippen molar-refractivity contribution in [2.45, 2.75) is 109 Å². The number of nitrogens with one attached hydrogen (secondary N) is 3. The van der Waals surface area contributed by atoms with Crippen molar-refractivity contribution in [3.8, 4) is 0 Å². The first-order chi connectivity index (χ1) is 29.2. The van der Waals surface area contributed by atoms with Gasteiger partial charge in [0.15, 0.2) is 0 Å². The second-order valence-corrected chi connectivity index (χ2v) is 20.0. The van der Waals surface area contributed by atoms with Crippen LogP contribution in [0.3, 0.4) is 0 Å². The lowest BCUT2D eigenvalue weighted by molar-refractivity contribution is -0.136. The second-order valence-electron chi connectivity index (χ2n) is 18.9. The smallest absolute Gasteiger partial charge is 0.274 e. The highest BCUT2D eigenvalue weighted by molar-refractivity contribution is 7.18. The van der Waals surface area contributed by atoms with Crippen molar-refractivity contribution < 1.29 is 24.3 Å². The van der Waals surface area contributed by atoms with Gasteiger partial charge in [-0.1, -0.05) is 24.8 Å². The number of thiazole rings is 1. The number of nitrogens with zero attached hydrogens (tertiary/aromatic N) is 4. The number of piperidine rings is 2. The molecule has 1 atom stereocenters. The van der Waals surface area contributed by atoms with Crippen molar-refractivity contribution in [2.75, 3.05) is 36.8 Å². The molecular weight excluding hydrogens is 787 g/mol. The summed E-state index contributed by atoms with van der Waals surface area (Å²) >= 11 is 1.71. The zero-order chi connectivity index (χ0) is 42.6. The molecule has 2 aromatic carbocycles. The Morgan fingerprint density at radius 2 is 1.74 bits per heavy atom. The van der Waals surface area contributed by atoms with Crippen molar-refractivity contribution in [2.24, 2.45) is 17.3 Å². The van der Waals surface area contributed by atoms with Crippen LogP contribution >= 0.6 is 11.3 Å². The minimum atomic E-state index is -1.16. The predicted molar refractivity (Wildman–Crippen MR) is 238 cm³/mol. The monoisotopic (exact) mass is 843 g/mol. The molecule has 2 saturated carbocycles. The molecule has 4 N–H and O–H groups in total. The molecule has 4 fully saturated rings. The van der Waals surface area contributed by atoms with Gasteiger partial charge >= 0.3 is 0 Å². The third-order valence-electron chi connectivity index (χ3n) is 14.1. The lowest BCUT2D eigenvalue weighted by Gasteiger charge is -2.53. The summed E-state index contributed by atoms with van der Waals surface area (Å²) in [6, 6.07) is 14.3. The molecule has 5 aliphatic rings. The standard InChI is InChI=1S/C48H57N7O5S/c1-28-7-5-10-36(50-28)43(57)51-37-24-40-38(23-34(37)47(3,4)60)52-45(61-40)32-13-11-30(12-14-32)27-54-21-18-48(19-22-54)25-31(26-48)17-20-49-35-9-6-8-33-29(2)55(46(59)42(33)35)39-15-16-41(56)53-44(39)58/h5-10,23-24,30-32,39,49,60H,2,11-22,25-27H2,1,3-4H3,(H,51,57)(H,53,56,58). The van der Waals surface area contributed by atoms with Gasteiger partial charge in [-0.3, -0.25) is 29.4 Å². The quantitative estimate of drug-likeness (QED) is 0.110. The molecule has 4 aromatic rings. The lowest BCUT2D eigenvalue weighted by atomic mass is 9.57. The third-order valence-corrected chi connectivity index (χ3v) is 15.3. The van der Waals surface area contributed by atoms with Crippen LogP contribution in [0, 0.1) is 24.2 Å². The summed E-state index contributed by atoms with van der Waals surface area (Å²) in [5, 5.41) is 21.1. The summed E-state index contributed by atoms with van der Waals surface area (Å²) < 4.78 is 1.01. The number of benzene rings is 2. The number of aromatic nitrogens is 2. The molecule has 0 radical (unpaired) electrons. The second kappa shape index (κ2) is 16.4. The van der Waals surface area contributed by atoms with Gasteiger partial charge in [0.1, 0.15) is 11.7 Å². The lowest BCUT2D eigenvalue weighted by Crippen LogP contribution is -2.52. The van der Waals surface area contributed by atoms with Crippen LogP contribution in [0.2, 0.25) is 0 Å². The van der Waals surface area contributed by atoms with Crippen LogP contribution in [0.25, 0.3) is 15.9 Å². The summed E-state index contributed by atoms with van der Waals surface area (Å²) in [4.78, 5) is 64.7. The highest BCUT2D eigenvalue weighted by Crippen LogP contribution is 2.54. The van der Waals surface area contributed by atoms with Gasteiger partial charge in [-0.25, -0.2) is 9.97 Å². The van der Waals surface area contributed by atoms with Gasteiger partial charge in [0.05, 0.1) is 26.4 Å². The van der Waals surface area contributed by atoms with Crippen molar-refractivity contribution in [3.63, 3.8) is 0 Å². The van der Waals surface area contributed by atoms with E-state index in [1.54, 1.807) is 31.3 Å². The summed E-state index contributed by atoms with van der Waals surface area (Å²) in [5.74, 6) is 0.539. The molecular formula is C48H57N7O5S. The largest absolute Gasteiger partial charge is 0.386 e. The average Bonchev–Trinajstić information content (AvgIpc) is 3.75. The molecule has 4 amide bonds. The summed E-state index contributed by atoms with van der Waals surface area (Å²) in [7, 11) is 0. The first-order valence-electron chi connectivity index (χ1n) is 22.1. The Morgan fingerprint density at radius 1 is 0.984 bits per heavy atom. The van der Waals surface area contributed by atoms with E-state index in [9.17, 15) is 24.3 Å². The molecule has 61 heavy (non-hydrogen) atoms. The van der Waals surface area contributed by atoms with E-state index >= 15 is 0 Å². The van der Waals surface area contributed by atoms with Gasteiger partial charge < -0.3 is 20.6 Å². The van der Waals surface area contributed by atoms with Gasteiger partial charge in [-0.2, -0.15) is 0 Å². The van der Waals surface area contributed by atoms with Gasteiger partial charge in [-0.05, 0) is 146 Å². The number of carbonyl (C=O) groups is 4. The number of pyridine rings is 1. The Bertz CT molecular complexity index is 2400. The van der Waals surface area contributed by atoms with Crippen LogP contribution in [0.5, 0.6) is 0 Å². The Labute approximate surface area is 361 Å². The van der Waals surface area contributed by atoms with E-state index in [0.717, 1.165) is 58.0 Å². The molecule has 2 aliphatic carbocycles. The number of likely N-dealkylation sites (tertiary alicyclic amines) is 1. The van der Waals surface area contributed by atoms with Crippen LogP contribution in [0.15, 0.2) is 55.1 Å².